The van der Waals surface area contributed by atoms with E-state index < -0.39 is 4.92 Å². The third kappa shape index (κ3) is 4.37. The largest absolute Gasteiger partial charge is 0.457 e. The number of pyridine rings is 1. The average molecular weight is 468 g/mol. The van der Waals surface area contributed by atoms with Crippen molar-refractivity contribution in [2.75, 3.05) is 4.90 Å². The van der Waals surface area contributed by atoms with E-state index in [2.05, 4.69) is 9.98 Å². The van der Waals surface area contributed by atoms with Crippen LogP contribution in [0.4, 0.5) is 17.2 Å². The Bertz CT molecular complexity index is 1410. The lowest BCUT2D eigenvalue weighted by Crippen LogP contribution is -2.28. The SMILES string of the molecule is O=C1/C(=C\c2ccc(-c3ccc([N+](=O)[O-])cc3)o2)S/C(=N/c2ccccn2)N1c1ccccc1. The quantitative estimate of drug-likeness (QED) is 0.200. The number of nitrogens with zero attached hydrogens (tertiary/aromatic N) is 4. The number of thioether (sulfide) groups is 1. The monoisotopic (exact) mass is 468 g/mol. The van der Waals surface area contributed by atoms with E-state index in [0.29, 0.717) is 38.7 Å². The lowest BCUT2D eigenvalue weighted by molar-refractivity contribution is -0.384. The molecule has 0 unspecified atom stereocenters. The summed E-state index contributed by atoms with van der Waals surface area (Å²) in [7, 11) is 0. The standard InChI is InChI=1S/C25H16N4O4S/c30-24-22(16-20-13-14-21(33-20)17-9-11-19(12-10-17)29(31)32)34-25(27-23-8-4-5-15-26-23)28(24)18-6-2-1-3-7-18/h1-16H/b22-16+,27-25+. The molecule has 1 amide bonds. The molecule has 4 aromatic rings. The van der Waals surface area contributed by atoms with Crippen molar-refractivity contribution in [1.82, 2.24) is 4.98 Å². The summed E-state index contributed by atoms with van der Waals surface area (Å²) in [5, 5.41) is 11.4. The van der Waals surface area contributed by atoms with Gasteiger partial charge in [-0.2, -0.15) is 0 Å². The number of anilines is 1. The van der Waals surface area contributed by atoms with Gasteiger partial charge in [0.25, 0.3) is 11.6 Å². The van der Waals surface area contributed by atoms with Crippen LogP contribution < -0.4 is 4.90 Å². The number of para-hydroxylation sites is 1. The second-order valence-electron chi connectivity index (χ2n) is 7.18. The second-order valence-corrected chi connectivity index (χ2v) is 8.18. The molecule has 8 nitrogen and oxygen atoms in total. The van der Waals surface area contributed by atoms with E-state index in [1.54, 1.807) is 53.6 Å². The Morgan fingerprint density at radius 3 is 2.44 bits per heavy atom. The summed E-state index contributed by atoms with van der Waals surface area (Å²) in [5.74, 6) is 1.30. The first kappa shape index (κ1) is 21.4. The van der Waals surface area contributed by atoms with Crippen LogP contribution in [0.1, 0.15) is 5.76 Å². The molecule has 0 atom stereocenters. The molecule has 1 aliphatic rings. The topological polar surface area (TPSA) is 102 Å². The molecule has 1 fully saturated rings. The number of benzene rings is 2. The highest BCUT2D eigenvalue weighted by Crippen LogP contribution is 2.37. The Hall–Kier alpha value is -4.50. The Morgan fingerprint density at radius 1 is 0.971 bits per heavy atom. The molecule has 5 rings (SSSR count). The molecule has 0 aliphatic carbocycles. The fourth-order valence-corrected chi connectivity index (χ4v) is 4.30. The minimum Gasteiger partial charge on any atom is -0.457 e. The van der Waals surface area contributed by atoms with E-state index in [4.69, 9.17) is 4.42 Å². The van der Waals surface area contributed by atoms with Crippen molar-refractivity contribution in [2.24, 2.45) is 4.99 Å². The van der Waals surface area contributed by atoms with Crippen molar-refractivity contribution in [3.05, 3.63) is 112 Å². The Kier molecular flexibility index (Phi) is 5.75. The number of aliphatic imine (C=N–C) groups is 1. The molecule has 1 saturated heterocycles. The van der Waals surface area contributed by atoms with Crippen molar-refractivity contribution in [3.8, 4) is 11.3 Å². The molecule has 1 aliphatic heterocycles. The van der Waals surface area contributed by atoms with Crippen LogP contribution in [-0.2, 0) is 4.79 Å². The minimum atomic E-state index is -0.451. The van der Waals surface area contributed by atoms with Gasteiger partial charge in [-0.1, -0.05) is 24.3 Å². The van der Waals surface area contributed by atoms with Gasteiger partial charge >= 0.3 is 0 Å². The third-order valence-electron chi connectivity index (χ3n) is 4.94. The lowest BCUT2D eigenvalue weighted by Gasteiger charge is -2.15. The van der Waals surface area contributed by atoms with Gasteiger partial charge in [-0.05, 0) is 60.3 Å². The highest BCUT2D eigenvalue weighted by molar-refractivity contribution is 8.19. The number of carbonyl (C=O) groups excluding carboxylic acids is 1. The summed E-state index contributed by atoms with van der Waals surface area (Å²) >= 11 is 1.23. The Morgan fingerprint density at radius 2 is 1.74 bits per heavy atom. The van der Waals surface area contributed by atoms with Crippen LogP contribution in [0.15, 0.2) is 105 Å². The zero-order valence-electron chi connectivity index (χ0n) is 17.6. The van der Waals surface area contributed by atoms with Crippen LogP contribution in [0.5, 0.6) is 0 Å². The minimum absolute atomic E-state index is 0.00586. The van der Waals surface area contributed by atoms with Crippen LogP contribution in [0.25, 0.3) is 17.4 Å². The summed E-state index contributed by atoms with van der Waals surface area (Å²) < 4.78 is 5.89. The summed E-state index contributed by atoms with van der Waals surface area (Å²) in [6.07, 6.45) is 3.31. The van der Waals surface area contributed by atoms with Gasteiger partial charge in [-0.3, -0.25) is 19.8 Å². The van der Waals surface area contributed by atoms with E-state index >= 15 is 0 Å². The van der Waals surface area contributed by atoms with Gasteiger partial charge in [0, 0.05) is 30.0 Å². The molecule has 0 bridgehead atoms. The fraction of sp³-hybridized carbons (Fsp3) is 0. The van der Waals surface area contributed by atoms with Crippen LogP contribution in [-0.4, -0.2) is 21.0 Å². The van der Waals surface area contributed by atoms with Gasteiger partial charge < -0.3 is 4.42 Å². The predicted octanol–water partition coefficient (Wildman–Crippen LogP) is 6.06. The van der Waals surface area contributed by atoms with Crippen LogP contribution in [0, 0.1) is 10.1 Å². The van der Waals surface area contributed by atoms with Crippen molar-refractivity contribution >= 4 is 46.1 Å². The van der Waals surface area contributed by atoms with Crippen molar-refractivity contribution < 1.29 is 14.1 Å². The maximum Gasteiger partial charge on any atom is 0.271 e. The molecule has 0 N–H and O–H groups in total. The van der Waals surface area contributed by atoms with Gasteiger partial charge in [0.15, 0.2) is 11.0 Å². The number of non-ortho nitro benzene ring substituents is 1. The van der Waals surface area contributed by atoms with Crippen LogP contribution in [0.3, 0.4) is 0 Å². The number of hydrogen-bond donors (Lipinski definition) is 0. The molecule has 2 aromatic heterocycles. The van der Waals surface area contributed by atoms with E-state index in [0.717, 1.165) is 0 Å². The van der Waals surface area contributed by atoms with Gasteiger partial charge in [-0.15, -0.1) is 0 Å². The van der Waals surface area contributed by atoms with E-state index in [9.17, 15) is 14.9 Å². The highest BCUT2D eigenvalue weighted by atomic mass is 32.2. The number of furan rings is 1. The highest BCUT2D eigenvalue weighted by Gasteiger charge is 2.35. The molecule has 0 radical (unpaired) electrons. The van der Waals surface area contributed by atoms with Crippen molar-refractivity contribution in [3.63, 3.8) is 0 Å². The second kappa shape index (κ2) is 9.16. The molecule has 166 valence electrons. The molecule has 0 saturated carbocycles. The molecular weight excluding hydrogens is 452 g/mol. The van der Waals surface area contributed by atoms with Crippen LogP contribution >= 0.6 is 11.8 Å². The number of hydrogen-bond acceptors (Lipinski definition) is 7. The number of nitro groups is 1. The summed E-state index contributed by atoms with van der Waals surface area (Å²) in [6, 6.07) is 24.3. The molecular formula is C25H16N4O4S. The molecule has 0 spiro atoms. The number of carbonyl (C=O) groups is 1. The molecule has 34 heavy (non-hydrogen) atoms. The number of aromatic nitrogens is 1. The number of rotatable bonds is 5. The van der Waals surface area contributed by atoms with Crippen molar-refractivity contribution in [2.45, 2.75) is 0 Å². The Balaban J connectivity index is 1.47. The number of nitro benzene ring substituents is 1. The van der Waals surface area contributed by atoms with Gasteiger partial charge in [0.1, 0.15) is 11.5 Å². The summed E-state index contributed by atoms with van der Waals surface area (Å²) in [5.41, 5.74) is 1.40. The zero-order chi connectivity index (χ0) is 23.5. The first-order valence-electron chi connectivity index (χ1n) is 10.2. The first-order valence-corrected chi connectivity index (χ1v) is 11.0. The molecule has 2 aromatic carbocycles. The zero-order valence-corrected chi connectivity index (χ0v) is 18.4. The van der Waals surface area contributed by atoms with E-state index in [-0.39, 0.29) is 11.6 Å². The fourth-order valence-electron chi connectivity index (χ4n) is 3.33. The summed E-state index contributed by atoms with van der Waals surface area (Å²) in [6.45, 7) is 0. The summed E-state index contributed by atoms with van der Waals surface area (Å²) in [4.78, 5) is 34.6. The maximum atomic E-state index is 13.3. The Labute approximate surface area is 198 Å². The van der Waals surface area contributed by atoms with E-state index in [1.165, 1.54) is 23.9 Å². The predicted molar refractivity (Wildman–Crippen MR) is 132 cm³/mol. The van der Waals surface area contributed by atoms with Crippen molar-refractivity contribution in [1.29, 1.82) is 0 Å². The van der Waals surface area contributed by atoms with Gasteiger partial charge in [0.2, 0.25) is 0 Å². The maximum absolute atomic E-state index is 13.3. The van der Waals surface area contributed by atoms with Gasteiger partial charge in [0.05, 0.1) is 15.5 Å². The normalized spacial score (nSPS) is 15.9. The lowest BCUT2D eigenvalue weighted by atomic mass is 10.1. The number of amides is 1. The third-order valence-corrected chi connectivity index (χ3v) is 5.91. The van der Waals surface area contributed by atoms with Gasteiger partial charge in [-0.25, -0.2) is 9.98 Å². The average Bonchev–Trinajstić information content (AvgIpc) is 3.45. The smallest absolute Gasteiger partial charge is 0.271 e. The van der Waals surface area contributed by atoms with Crippen LogP contribution in [0.2, 0.25) is 0 Å². The van der Waals surface area contributed by atoms with E-state index in [1.807, 2.05) is 36.4 Å². The first-order chi connectivity index (χ1) is 16.6. The molecule has 9 heteroatoms. The molecule has 3 heterocycles. The number of amidine groups is 1.